The van der Waals surface area contributed by atoms with Crippen LogP contribution in [0.4, 0.5) is 0 Å². The van der Waals surface area contributed by atoms with Crippen LogP contribution in [0.5, 0.6) is 0 Å². The lowest BCUT2D eigenvalue weighted by Crippen LogP contribution is -2.24. The van der Waals surface area contributed by atoms with Gasteiger partial charge >= 0.3 is 0 Å². The van der Waals surface area contributed by atoms with Crippen molar-refractivity contribution in [2.75, 3.05) is 0 Å². The fourth-order valence-corrected chi connectivity index (χ4v) is 0.565. The molecule has 0 aromatic heterocycles. The highest BCUT2D eigenvalue weighted by atomic mass is 14.9. The van der Waals surface area contributed by atoms with E-state index in [1.807, 2.05) is 24.4 Å². The molecule has 1 atom stereocenters. The van der Waals surface area contributed by atoms with Crippen molar-refractivity contribution in [3.8, 4) is 0 Å². The Hall–Kier alpha value is -1.05. The summed E-state index contributed by atoms with van der Waals surface area (Å²) in [7, 11) is 0. The molecule has 1 aliphatic rings. The van der Waals surface area contributed by atoms with Crippen LogP contribution in [0.25, 0.3) is 0 Å². The highest BCUT2D eigenvalue weighted by molar-refractivity contribution is 5.64. The molecule has 1 unspecified atom stereocenters. The van der Waals surface area contributed by atoms with Gasteiger partial charge in [0.1, 0.15) is 0 Å². The molecule has 1 rings (SSSR count). The zero-order valence-corrected chi connectivity index (χ0v) is 4.46. The summed E-state index contributed by atoms with van der Waals surface area (Å²) in [6, 6.07) is 0.111. The normalized spacial score (nSPS) is 24.8. The van der Waals surface area contributed by atoms with E-state index in [-0.39, 0.29) is 6.04 Å². The van der Waals surface area contributed by atoms with Crippen LogP contribution >= 0.6 is 0 Å². The molecule has 0 aromatic carbocycles. The maximum absolute atomic E-state index is 6.82. The second kappa shape index (κ2) is 2.31. The van der Waals surface area contributed by atoms with E-state index >= 15 is 0 Å². The van der Waals surface area contributed by atoms with Crippen LogP contribution < -0.4 is 5.32 Å². The van der Waals surface area contributed by atoms with E-state index < -0.39 is 0 Å². The van der Waals surface area contributed by atoms with Crippen LogP contribution in [-0.4, -0.2) is 12.3 Å². The molecule has 2 heteroatoms. The molecule has 0 saturated carbocycles. The molecular weight excluding hydrogens is 100 g/mol. The van der Waals surface area contributed by atoms with E-state index in [2.05, 4.69) is 5.32 Å². The van der Waals surface area contributed by atoms with Gasteiger partial charge in [0, 0.05) is 6.21 Å². The van der Waals surface area contributed by atoms with Crippen LogP contribution in [-0.2, 0) is 0 Å². The molecule has 0 saturated heterocycles. The Labute approximate surface area is 48.4 Å². The summed E-state index contributed by atoms with van der Waals surface area (Å²) in [6.07, 6.45) is 8.94. The van der Waals surface area contributed by atoms with Crippen LogP contribution in [0.3, 0.4) is 0 Å². The Kier molecular flexibility index (Phi) is 1.47. The molecule has 2 nitrogen and oxygen atoms in total. The predicted octanol–water partition coefficient (Wildman–Crippen LogP) is 0.678. The first kappa shape index (κ1) is 5.09. The van der Waals surface area contributed by atoms with Crippen LogP contribution in [0.1, 0.15) is 0 Å². The molecule has 1 aliphatic heterocycles. The van der Waals surface area contributed by atoms with Gasteiger partial charge in [-0.2, -0.15) is 0 Å². The van der Waals surface area contributed by atoms with Crippen molar-refractivity contribution in [1.29, 1.82) is 5.41 Å². The zero-order chi connectivity index (χ0) is 5.82. The number of hydrogen-bond donors (Lipinski definition) is 2. The molecule has 0 fully saturated rings. The minimum absolute atomic E-state index is 0.111. The van der Waals surface area contributed by atoms with Gasteiger partial charge in [0.2, 0.25) is 0 Å². The van der Waals surface area contributed by atoms with E-state index in [0.717, 1.165) is 0 Å². The van der Waals surface area contributed by atoms with Gasteiger partial charge in [0.25, 0.3) is 0 Å². The van der Waals surface area contributed by atoms with Crippen molar-refractivity contribution >= 4 is 6.21 Å². The van der Waals surface area contributed by atoms with Gasteiger partial charge in [-0.25, -0.2) is 0 Å². The lowest BCUT2D eigenvalue weighted by atomic mass is 10.2. The fraction of sp³-hybridized carbons (Fsp3) is 0.167. The van der Waals surface area contributed by atoms with Crippen LogP contribution in [0.2, 0.25) is 0 Å². The summed E-state index contributed by atoms with van der Waals surface area (Å²) < 4.78 is 0. The van der Waals surface area contributed by atoms with Crippen LogP contribution in [0, 0.1) is 5.41 Å². The van der Waals surface area contributed by atoms with Gasteiger partial charge in [-0.1, -0.05) is 12.2 Å². The summed E-state index contributed by atoms with van der Waals surface area (Å²) in [5.74, 6) is 0. The Morgan fingerprint density at radius 3 is 2.75 bits per heavy atom. The second-order valence-corrected chi connectivity index (χ2v) is 1.60. The third-order valence-corrected chi connectivity index (χ3v) is 0.994. The van der Waals surface area contributed by atoms with Crippen molar-refractivity contribution in [3.63, 3.8) is 0 Å². The third-order valence-electron chi connectivity index (χ3n) is 0.994. The molecule has 2 N–H and O–H groups in total. The number of nitrogens with one attached hydrogen (secondary N) is 2. The Balaban J connectivity index is 2.51. The van der Waals surface area contributed by atoms with E-state index in [1.54, 1.807) is 0 Å². The first-order valence-corrected chi connectivity index (χ1v) is 2.53. The monoisotopic (exact) mass is 108 g/mol. The van der Waals surface area contributed by atoms with E-state index in [9.17, 15) is 0 Å². The maximum Gasteiger partial charge on any atom is 0.0791 e. The fourth-order valence-electron chi connectivity index (χ4n) is 0.565. The Morgan fingerprint density at radius 2 is 2.38 bits per heavy atom. The molecule has 0 radical (unpaired) electrons. The molecule has 42 valence electrons. The van der Waals surface area contributed by atoms with E-state index in [1.165, 1.54) is 6.21 Å². The van der Waals surface area contributed by atoms with Crippen molar-refractivity contribution < 1.29 is 0 Å². The maximum atomic E-state index is 6.82. The Bertz CT molecular complexity index is 135. The first-order chi connectivity index (χ1) is 3.93. The minimum Gasteiger partial charge on any atom is -0.380 e. The van der Waals surface area contributed by atoms with Gasteiger partial charge in [-0.15, -0.1) is 0 Å². The van der Waals surface area contributed by atoms with Gasteiger partial charge in [0.15, 0.2) is 0 Å². The largest absolute Gasteiger partial charge is 0.380 e. The molecule has 8 heavy (non-hydrogen) atoms. The average molecular weight is 108 g/mol. The molecule has 0 aliphatic carbocycles. The topological polar surface area (TPSA) is 35.9 Å². The van der Waals surface area contributed by atoms with E-state index in [0.29, 0.717) is 0 Å². The quantitative estimate of drug-likeness (QED) is 0.476. The summed E-state index contributed by atoms with van der Waals surface area (Å²) in [4.78, 5) is 0. The lowest BCUT2D eigenvalue weighted by Gasteiger charge is -2.07. The zero-order valence-electron chi connectivity index (χ0n) is 4.46. The van der Waals surface area contributed by atoms with Crippen molar-refractivity contribution in [2.24, 2.45) is 0 Å². The first-order valence-electron chi connectivity index (χ1n) is 2.53. The number of allylic oxidation sites excluding steroid dienone is 2. The predicted molar refractivity (Wildman–Crippen MR) is 34.0 cm³/mol. The van der Waals surface area contributed by atoms with Crippen LogP contribution in [0.15, 0.2) is 24.4 Å². The molecule has 0 bridgehead atoms. The standard InChI is InChI=1S/C6H8N2/c7-5-6-3-1-2-4-8-6/h1-8H. The van der Waals surface area contributed by atoms with Gasteiger partial charge < -0.3 is 10.7 Å². The summed E-state index contributed by atoms with van der Waals surface area (Å²) in [5, 5.41) is 9.78. The smallest absolute Gasteiger partial charge is 0.0791 e. The summed E-state index contributed by atoms with van der Waals surface area (Å²) >= 11 is 0. The molecular formula is C6H8N2. The highest BCUT2D eigenvalue weighted by Gasteiger charge is 1.95. The number of dihydropyridines is 1. The average Bonchev–Trinajstić information content (AvgIpc) is 1.90. The van der Waals surface area contributed by atoms with Gasteiger partial charge in [-0.05, 0) is 12.3 Å². The molecule has 1 heterocycles. The van der Waals surface area contributed by atoms with Gasteiger partial charge in [-0.3, -0.25) is 0 Å². The third kappa shape index (κ3) is 0.964. The van der Waals surface area contributed by atoms with Crippen molar-refractivity contribution in [1.82, 2.24) is 5.32 Å². The molecule has 0 amide bonds. The number of hydrogen-bond acceptors (Lipinski definition) is 2. The SMILES string of the molecule is N=CC1C=CC=CN1. The lowest BCUT2D eigenvalue weighted by molar-refractivity contribution is 0.875. The molecule has 0 aromatic rings. The van der Waals surface area contributed by atoms with Gasteiger partial charge in [0.05, 0.1) is 6.04 Å². The Morgan fingerprint density at radius 1 is 1.50 bits per heavy atom. The summed E-state index contributed by atoms with van der Waals surface area (Å²) in [6.45, 7) is 0. The molecule has 0 spiro atoms. The summed E-state index contributed by atoms with van der Waals surface area (Å²) in [5.41, 5.74) is 0. The number of rotatable bonds is 1. The highest BCUT2D eigenvalue weighted by Crippen LogP contribution is 1.89. The van der Waals surface area contributed by atoms with Crippen molar-refractivity contribution in [2.45, 2.75) is 6.04 Å². The second-order valence-electron chi connectivity index (χ2n) is 1.60. The van der Waals surface area contributed by atoms with Crippen molar-refractivity contribution in [3.05, 3.63) is 24.4 Å². The van der Waals surface area contributed by atoms with E-state index in [4.69, 9.17) is 5.41 Å². The minimum atomic E-state index is 0.111.